The molecular formula is C18H25N3. The lowest BCUT2D eigenvalue weighted by Gasteiger charge is -2.17. The molecule has 112 valence electrons. The monoisotopic (exact) mass is 283 g/mol. The average molecular weight is 283 g/mol. The molecule has 21 heavy (non-hydrogen) atoms. The number of nitrogens with zero attached hydrogens (tertiary/aromatic N) is 2. The van der Waals surface area contributed by atoms with Crippen LogP contribution in [0.5, 0.6) is 0 Å². The first-order chi connectivity index (χ1) is 10.2. The van der Waals surface area contributed by atoms with E-state index in [0.717, 1.165) is 30.9 Å². The van der Waals surface area contributed by atoms with Gasteiger partial charge in [0.1, 0.15) is 12.1 Å². The number of aryl methyl sites for hydroxylation is 1. The summed E-state index contributed by atoms with van der Waals surface area (Å²) in [5.74, 6) is 1.35. The molecule has 0 aliphatic heterocycles. The molecule has 0 saturated carbocycles. The van der Waals surface area contributed by atoms with E-state index in [1.54, 1.807) is 6.33 Å². The molecule has 0 atom stereocenters. The highest BCUT2D eigenvalue weighted by Crippen LogP contribution is 2.32. The first-order valence-corrected chi connectivity index (χ1v) is 7.85. The molecule has 0 spiro atoms. The van der Waals surface area contributed by atoms with Crippen LogP contribution in [-0.4, -0.2) is 16.5 Å². The first-order valence-electron chi connectivity index (χ1n) is 7.85. The van der Waals surface area contributed by atoms with Gasteiger partial charge in [-0.25, -0.2) is 9.97 Å². The third-order valence-corrected chi connectivity index (χ3v) is 3.61. The number of hydrogen-bond acceptors (Lipinski definition) is 3. The lowest BCUT2D eigenvalue weighted by molar-refractivity contribution is 0.844. The quantitative estimate of drug-likeness (QED) is 0.838. The molecule has 1 N–H and O–H groups in total. The fourth-order valence-corrected chi connectivity index (χ4v) is 2.50. The number of rotatable bonds is 6. The van der Waals surface area contributed by atoms with E-state index in [1.165, 1.54) is 16.7 Å². The summed E-state index contributed by atoms with van der Waals surface area (Å²) in [6.45, 7) is 9.67. The van der Waals surface area contributed by atoms with Gasteiger partial charge in [-0.2, -0.15) is 0 Å². The van der Waals surface area contributed by atoms with Crippen LogP contribution in [0.3, 0.4) is 0 Å². The molecule has 1 aromatic carbocycles. The van der Waals surface area contributed by atoms with Crippen molar-refractivity contribution < 1.29 is 0 Å². The van der Waals surface area contributed by atoms with Gasteiger partial charge in [0, 0.05) is 17.7 Å². The predicted octanol–water partition coefficient (Wildman–Crippen LogP) is 4.65. The summed E-state index contributed by atoms with van der Waals surface area (Å²) in [5.41, 5.74) is 4.77. The topological polar surface area (TPSA) is 37.8 Å². The Morgan fingerprint density at radius 2 is 1.95 bits per heavy atom. The maximum atomic E-state index is 4.56. The highest BCUT2D eigenvalue weighted by molar-refractivity contribution is 5.69. The molecule has 3 nitrogen and oxygen atoms in total. The molecule has 0 aliphatic rings. The van der Waals surface area contributed by atoms with Gasteiger partial charge in [0.05, 0.1) is 5.69 Å². The van der Waals surface area contributed by atoms with Crippen molar-refractivity contribution in [3.05, 3.63) is 41.7 Å². The summed E-state index contributed by atoms with van der Waals surface area (Å²) in [6, 6.07) is 8.64. The second kappa shape index (κ2) is 7.21. The fourth-order valence-electron chi connectivity index (χ4n) is 2.50. The molecule has 2 aromatic rings. The van der Waals surface area contributed by atoms with Gasteiger partial charge in [-0.15, -0.1) is 0 Å². The first kappa shape index (κ1) is 15.5. The Hall–Kier alpha value is -1.90. The van der Waals surface area contributed by atoms with Crippen LogP contribution in [0.2, 0.25) is 0 Å². The normalized spacial score (nSPS) is 10.9. The van der Waals surface area contributed by atoms with Crippen LogP contribution in [0.15, 0.2) is 30.6 Å². The van der Waals surface area contributed by atoms with Crippen molar-refractivity contribution in [2.45, 2.75) is 46.5 Å². The van der Waals surface area contributed by atoms with Gasteiger partial charge in [-0.3, -0.25) is 0 Å². The van der Waals surface area contributed by atoms with Crippen LogP contribution >= 0.6 is 0 Å². The van der Waals surface area contributed by atoms with Crippen LogP contribution in [0.1, 0.15) is 51.2 Å². The highest BCUT2D eigenvalue weighted by Gasteiger charge is 2.16. The molecule has 0 bridgehead atoms. The van der Waals surface area contributed by atoms with Crippen LogP contribution in [0.25, 0.3) is 11.3 Å². The summed E-state index contributed by atoms with van der Waals surface area (Å²) in [7, 11) is 0. The molecule has 0 radical (unpaired) electrons. The Kier molecular flexibility index (Phi) is 5.32. The van der Waals surface area contributed by atoms with Gasteiger partial charge in [0.15, 0.2) is 0 Å². The number of hydrogen-bond donors (Lipinski definition) is 1. The Morgan fingerprint density at radius 3 is 2.62 bits per heavy atom. The lowest BCUT2D eigenvalue weighted by Crippen LogP contribution is -2.09. The second-order valence-corrected chi connectivity index (χ2v) is 5.62. The fraction of sp³-hybridized carbons (Fsp3) is 0.444. The molecule has 0 unspecified atom stereocenters. The van der Waals surface area contributed by atoms with E-state index in [0.29, 0.717) is 5.92 Å². The van der Waals surface area contributed by atoms with Crippen molar-refractivity contribution in [1.82, 2.24) is 9.97 Å². The maximum absolute atomic E-state index is 4.56. The molecule has 0 fully saturated rings. The maximum Gasteiger partial charge on any atom is 0.133 e. The number of aromatic nitrogens is 2. The standard InChI is InChI=1S/C18H25N3/c1-5-10-19-18-16(13(3)4)17(20-12-21-18)15-9-7-8-14(6-2)11-15/h7-9,11-13H,5-6,10H2,1-4H3,(H,19,20,21). The van der Waals surface area contributed by atoms with Crippen LogP contribution < -0.4 is 5.32 Å². The largest absolute Gasteiger partial charge is 0.370 e. The van der Waals surface area contributed by atoms with E-state index in [-0.39, 0.29) is 0 Å². The van der Waals surface area contributed by atoms with Crippen molar-refractivity contribution in [3.8, 4) is 11.3 Å². The van der Waals surface area contributed by atoms with Crippen LogP contribution in [0, 0.1) is 0 Å². The molecule has 1 heterocycles. The Balaban J connectivity index is 2.51. The lowest BCUT2D eigenvalue weighted by atomic mass is 9.96. The van der Waals surface area contributed by atoms with E-state index >= 15 is 0 Å². The highest BCUT2D eigenvalue weighted by atomic mass is 15.0. The van der Waals surface area contributed by atoms with E-state index < -0.39 is 0 Å². The van der Waals surface area contributed by atoms with E-state index in [4.69, 9.17) is 0 Å². The van der Waals surface area contributed by atoms with Gasteiger partial charge < -0.3 is 5.32 Å². The van der Waals surface area contributed by atoms with Crippen LogP contribution in [-0.2, 0) is 6.42 Å². The second-order valence-electron chi connectivity index (χ2n) is 5.62. The third kappa shape index (κ3) is 3.60. The molecule has 0 amide bonds. The predicted molar refractivity (Wildman–Crippen MR) is 89.7 cm³/mol. The molecule has 0 aliphatic carbocycles. The van der Waals surface area contributed by atoms with Gasteiger partial charge in [0.2, 0.25) is 0 Å². The smallest absolute Gasteiger partial charge is 0.133 e. The molecule has 2 rings (SSSR count). The SMILES string of the molecule is CCCNc1ncnc(-c2cccc(CC)c2)c1C(C)C. The number of anilines is 1. The van der Waals surface area contributed by atoms with Gasteiger partial charge in [-0.1, -0.05) is 45.9 Å². The average Bonchev–Trinajstić information content (AvgIpc) is 2.52. The minimum absolute atomic E-state index is 0.380. The Bertz CT molecular complexity index is 591. The minimum Gasteiger partial charge on any atom is -0.370 e. The third-order valence-electron chi connectivity index (χ3n) is 3.61. The van der Waals surface area contributed by atoms with Crippen molar-refractivity contribution in [2.75, 3.05) is 11.9 Å². The minimum atomic E-state index is 0.380. The van der Waals surface area contributed by atoms with Crippen molar-refractivity contribution in [2.24, 2.45) is 0 Å². The molecule has 1 aromatic heterocycles. The summed E-state index contributed by atoms with van der Waals surface area (Å²) < 4.78 is 0. The summed E-state index contributed by atoms with van der Waals surface area (Å²) >= 11 is 0. The van der Waals surface area contributed by atoms with E-state index in [1.807, 2.05) is 0 Å². The summed E-state index contributed by atoms with van der Waals surface area (Å²) in [5, 5.41) is 3.43. The number of nitrogens with one attached hydrogen (secondary N) is 1. The van der Waals surface area contributed by atoms with E-state index in [2.05, 4.69) is 67.2 Å². The van der Waals surface area contributed by atoms with Crippen molar-refractivity contribution >= 4 is 5.82 Å². The van der Waals surface area contributed by atoms with Gasteiger partial charge in [-0.05, 0) is 30.4 Å². The van der Waals surface area contributed by atoms with Crippen molar-refractivity contribution in [1.29, 1.82) is 0 Å². The van der Waals surface area contributed by atoms with Crippen LogP contribution in [0.4, 0.5) is 5.82 Å². The van der Waals surface area contributed by atoms with Gasteiger partial charge >= 0.3 is 0 Å². The summed E-state index contributed by atoms with van der Waals surface area (Å²) in [6.07, 6.45) is 3.79. The molecule has 3 heteroatoms. The van der Waals surface area contributed by atoms with Crippen molar-refractivity contribution in [3.63, 3.8) is 0 Å². The van der Waals surface area contributed by atoms with Gasteiger partial charge in [0.25, 0.3) is 0 Å². The Morgan fingerprint density at radius 1 is 1.14 bits per heavy atom. The summed E-state index contributed by atoms with van der Waals surface area (Å²) in [4.78, 5) is 9.01. The zero-order valence-corrected chi connectivity index (χ0v) is 13.5. The van der Waals surface area contributed by atoms with E-state index in [9.17, 15) is 0 Å². The molecular weight excluding hydrogens is 258 g/mol. The zero-order chi connectivity index (χ0) is 15.2. The number of benzene rings is 1. The molecule has 0 saturated heterocycles. The Labute approximate surface area is 127 Å². The zero-order valence-electron chi connectivity index (χ0n) is 13.5.